The van der Waals surface area contributed by atoms with Gasteiger partial charge in [0.2, 0.25) is 13.9 Å². The average molecular weight is 424 g/mol. The first-order valence-corrected chi connectivity index (χ1v) is 13.3. The summed E-state index contributed by atoms with van der Waals surface area (Å²) in [4.78, 5) is 23.1. The van der Waals surface area contributed by atoms with Crippen molar-refractivity contribution in [2.24, 2.45) is 39.9 Å². The summed E-state index contributed by atoms with van der Waals surface area (Å²) in [7, 11) is -2.86. The van der Waals surface area contributed by atoms with E-state index in [0.29, 0.717) is 24.2 Å². The zero-order chi connectivity index (χ0) is 21.2. The van der Waals surface area contributed by atoms with Crippen molar-refractivity contribution in [1.82, 2.24) is 5.32 Å². The molecule has 5 heteroatoms. The van der Waals surface area contributed by atoms with Crippen molar-refractivity contribution < 1.29 is 14.3 Å². The van der Waals surface area contributed by atoms with Gasteiger partial charge in [-0.05, 0) is 92.3 Å². The number of rotatable bonds is 2. The second-order valence-electron chi connectivity index (χ2n) is 12.5. The second kappa shape index (κ2) is 7.09. The molecule has 5 unspecified atom stereocenters. The Hall–Kier alpha value is -0.340. The van der Waals surface area contributed by atoms with Gasteiger partial charge in [0.05, 0.1) is 0 Å². The van der Waals surface area contributed by atoms with Crippen molar-refractivity contribution in [1.29, 1.82) is 0 Å². The lowest BCUT2D eigenvalue weighted by molar-refractivity contribution is -0.134. The van der Waals surface area contributed by atoms with E-state index in [9.17, 15) is 14.3 Å². The van der Waals surface area contributed by atoms with Gasteiger partial charge in [-0.3, -0.25) is 9.36 Å². The van der Waals surface area contributed by atoms with Crippen LogP contribution < -0.4 is 5.32 Å². The molecule has 0 aromatic heterocycles. The molecule has 0 radical (unpaired) electrons. The molecule has 0 heterocycles. The molecule has 4 aliphatic rings. The smallest absolute Gasteiger partial charge is 0.226 e. The Balaban J connectivity index is 1.57. The summed E-state index contributed by atoms with van der Waals surface area (Å²) < 4.78 is 12.6. The van der Waals surface area contributed by atoms with Crippen LogP contribution >= 0.6 is 8.03 Å². The van der Waals surface area contributed by atoms with Crippen LogP contribution in [0.2, 0.25) is 0 Å². The number of hydrogen-bond acceptors (Lipinski definition) is 2. The molecule has 4 aliphatic carbocycles. The first kappa shape index (κ1) is 21.9. The fraction of sp³-hybridized carbons (Fsp3) is 0.958. The highest BCUT2D eigenvalue weighted by Crippen LogP contribution is 2.68. The molecule has 4 saturated carbocycles. The fourth-order valence-corrected chi connectivity index (χ4v) is 9.00. The molecule has 166 valence electrons. The van der Waals surface area contributed by atoms with Crippen LogP contribution in [0.25, 0.3) is 0 Å². The molecule has 29 heavy (non-hydrogen) atoms. The van der Waals surface area contributed by atoms with Gasteiger partial charge in [0.25, 0.3) is 0 Å². The van der Waals surface area contributed by atoms with Gasteiger partial charge in [0, 0.05) is 5.41 Å². The number of fused-ring (bicyclic) bond motifs is 5. The molecule has 1 amide bonds. The first-order chi connectivity index (χ1) is 13.4. The third kappa shape index (κ3) is 3.45. The highest BCUT2D eigenvalue weighted by atomic mass is 31.1. The van der Waals surface area contributed by atoms with Crippen molar-refractivity contribution in [3.05, 3.63) is 0 Å². The van der Waals surface area contributed by atoms with Crippen LogP contribution in [-0.2, 0) is 9.36 Å². The Morgan fingerprint density at radius 2 is 1.72 bits per heavy atom. The zero-order valence-electron chi connectivity index (χ0n) is 19.1. The molecule has 0 spiro atoms. The van der Waals surface area contributed by atoms with E-state index >= 15 is 0 Å². The predicted molar refractivity (Wildman–Crippen MR) is 118 cm³/mol. The van der Waals surface area contributed by atoms with Crippen LogP contribution in [0.3, 0.4) is 0 Å². The maximum atomic E-state index is 12.7. The molecular weight excluding hydrogens is 381 g/mol. The minimum absolute atomic E-state index is 0.0958. The lowest BCUT2D eigenvalue weighted by atomic mass is 9.45. The maximum absolute atomic E-state index is 12.7. The molecule has 2 N–H and O–H groups in total. The zero-order valence-corrected chi connectivity index (χ0v) is 20.1. The van der Waals surface area contributed by atoms with Gasteiger partial charge in [0.15, 0.2) is 0 Å². The number of carbonyl (C=O) groups is 1. The summed E-state index contributed by atoms with van der Waals surface area (Å²) in [6.07, 6.45) is 11.7. The van der Waals surface area contributed by atoms with Gasteiger partial charge in [-0.2, -0.15) is 0 Å². The van der Waals surface area contributed by atoms with Gasteiger partial charge < -0.3 is 10.2 Å². The van der Waals surface area contributed by atoms with E-state index in [1.165, 1.54) is 38.5 Å². The highest BCUT2D eigenvalue weighted by Gasteiger charge is 2.60. The molecule has 0 aromatic rings. The lowest BCUT2D eigenvalue weighted by Gasteiger charge is -2.62. The normalized spacial score (nSPS) is 48.2. The summed E-state index contributed by atoms with van der Waals surface area (Å²) in [5, 5.41) is 2.18. The largest absolute Gasteiger partial charge is 0.345 e. The first-order valence-electron chi connectivity index (χ1n) is 12.0. The van der Waals surface area contributed by atoms with Gasteiger partial charge in [-0.15, -0.1) is 0 Å². The topological polar surface area (TPSA) is 66.4 Å². The standard InChI is InChI=1S/C24H42NO3P/c1-21(2,3)20(26)25-24(29(27)28)14-13-23(5)16(15-24)8-9-17-18-7-6-11-22(18,4)12-10-19(17)23/h16-19,29H,6-15H2,1-5H3,(H,25,26)(H,27,28)/t16-,17?,18?,19?,22+,23+,24?/m1/s1. The third-order valence-corrected chi connectivity index (χ3v) is 11.4. The van der Waals surface area contributed by atoms with Gasteiger partial charge >= 0.3 is 0 Å². The Morgan fingerprint density at radius 3 is 2.38 bits per heavy atom. The van der Waals surface area contributed by atoms with Crippen LogP contribution in [-0.4, -0.2) is 16.1 Å². The van der Waals surface area contributed by atoms with Crippen molar-refractivity contribution >= 4 is 13.9 Å². The van der Waals surface area contributed by atoms with Crippen molar-refractivity contribution in [2.45, 2.75) is 104 Å². The quantitative estimate of drug-likeness (QED) is 0.556. The molecule has 4 rings (SSSR count). The van der Waals surface area contributed by atoms with Crippen LogP contribution in [0.1, 0.15) is 98.8 Å². The van der Waals surface area contributed by atoms with Crippen LogP contribution in [0.15, 0.2) is 0 Å². The van der Waals surface area contributed by atoms with Gasteiger partial charge in [-0.1, -0.05) is 41.0 Å². The van der Waals surface area contributed by atoms with E-state index in [-0.39, 0.29) is 11.3 Å². The van der Waals surface area contributed by atoms with Gasteiger partial charge in [0.1, 0.15) is 5.28 Å². The van der Waals surface area contributed by atoms with Crippen molar-refractivity contribution in [2.75, 3.05) is 0 Å². The van der Waals surface area contributed by atoms with Crippen LogP contribution in [0.5, 0.6) is 0 Å². The van der Waals surface area contributed by atoms with E-state index in [1.807, 2.05) is 20.8 Å². The summed E-state index contributed by atoms with van der Waals surface area (Å²) in [6, 6.07) is 0. The minimum Gasteiger partial charge on any atom is -0.345 e. The van der Waals surface area contributed by atoms with Crippen molar-refractivity contribution in [3.63, 3.8) is 0 Å². The van der Waals surface area contributed by atoms with E-state index in [2.05, 4.69) is 19.2 Å². The Labute approximate surface area is 177 Å². The number of nitrogens with one attached hydrogen (secondary N) is 1. The molecule has 0 bridgehead atoms. The minimum atomic E-state index is -2.86. The molecule has 0 saturated heterocycles. The summed E-state index contributed by atoms with van der Waals surface area (Å²) in [5.74, 6) is 2.85. The average Bonchev–Trinajstić information content (AvgIpc) is 3.03. The van der Waals surface area contributed by atoms with E-state index < -0.39 is 18.7 Å². The molecule has 0 aromatic carbocycles. The summed E-state index contributed by atoms with van der Waals surface area (Å²) in [6.45, 7) is 10.7. The molecule has 4 nitrogen and oxygen atoms in total. The van der Waals surface area contributed by atoms with Crippen LogP contribution in [0.4, 0.5) is 0 Å². The van der Waals surface area contributed by atoms with Crippen molar-refractivity contribution in [3.8, 4) is 0 Å². The lowest BCUT2D eigenvalue weighted by Crippen LogP contribution is -2.59. The molecular formula is C24H42NO3P. The molecule has 4 fully saturated rings. The third-order valence-electron chi connectivity index (χ3n) is 9.98. The Kier molecular flexibility index (Phi) is 5.35. The Morgan fingerprint density at radius 1 is 1.00 bits per heavy atom. The second-order valence-corrected chi connectivity index (χ2v) is 14.1. The van der Waals surface area contributed by atoms with E-state index in [0.717, 1.165) is 30.6 Å². The maximum Gasteiger partial charge on any atom is 0.226 e. The van der Waals surface area contributed by atoms with Crippen LogP contribution in [0, 0.1) is 39.9 Å². The highest BCUT2D eigenvalue weighted by molar-refractivity contribution is 7.40. The monoisotopic (exact) mass is 423 g/mol. The number of carbonyl (C=O) groups excluding carboxylic acids is 1. The summed E-state index contributed by atoms with van der Waals surface area (Å²) in [5.41, 5.74) is 0.291. The number of amides is 1. The molecule has 8 atom stereocenters. The number of hydrogen-bond donors (Lipinski definition) is 2. The van der Waals surface area contributed by atoms with E-state index in [4.69, 9.17) is 0 Å². The van der Waals surface area contributed by atoms with Gasteiger partial charge in [-0.25, -0.2) is 0 Å². The SMILES string of the molecule is CC(C)(C)C(=O)NC1([PH](=O)O)CC[C@]2(C)C3CC[C@]4(C)CCCC4C3CC[C@@H]2C1. The molecule has 0 aliphatic heterocycles. The fourth-order valence-electron chi connectivity index (χ4n) is 8.02. The van der Waals surface area contributed by atoms with E-state index in [1.54, 1.807) is 0 Å². The summed E-state index contributed by atoms with van der Waals surface area (Å²) >= 11 is 0. The predicted octanol–water partition coefficient (Wildman–Crippen LogP) is 5.74. The Bertz CT molecular complexity index is 703.